The summed E-state index contributed by atoms with van der Waals surface area (Å²) in [6.45, 7) is 4.74. The smallest absolute Gasteiger partial charge is 0.333 e. The van der Waals surface area contributed by atoms with Gasteiger partial charge in [0, 0.05) is 20.1 Å². The van der Waals surface area contributed by atoms with Crippen molar-refractivity contribution in [2.24, 2.45) is 5.92 Å². The van der Waals surface area contributed by atoms with Crippen LogP contribution in [-0.2, 0) is 22.7 Å². The molecule has 2 aliphatic rings. The molecule has 4 amide bonds. The van der Waals surface area contributed by atoms with Crippen molar-refractivity contribution in [3.8, 4) is 0 Å². The Kier molecular flexibility index (Phi) is 7.52. The first-order chi connectivity index (χ1) is 18.8. The predicted octanol–water partition coefficient (Wildman–Crippen LogP) is 3.96. The molecule has 2 saturated heterocycles. The van der Waals surface area contributed by atoms with Crippen molar-refractivity contribution in [1.82, 2.24) is 25.1 Å². The van der Waals surface area contributed by atoms with Gasteiger partial charge in [-0.15, -0.1) is 0 Å². The topological polar surface area (TPSA) is 76.2 Å². The second-order valence-corrected chi connectivity index (χ2v) is 10.4. The van der Waals surface area contributed by atoms with E-state index in [0.717, 1.165) is 21.9 Å². The van der Waals surface area contributed by atoms with Crippen LogP contribution in [0.15, 0.2) is 66.7 Å². The molecule has 0 aromatic heterocycles. The molecule has 0 radical (unpaired) electrons. The summed E-state index contributed by atoms with van der Waals surface area (Å²) in [6.07, 6.45) is 0.0536. The van der Waals surface area contributed by atoms with Gasteiger partial charge in [-0.3, -0.25) is 9.59 Å². The Hall–Kier alpha value is -3.98. The number of benzene rings is 3. The van der Waals surface area contributed by atoms with Crippen LogP contribution in [0.3, 0.4) is 0 Å². The number of amides is 4. The van der Waals surface area contributed by atoms with Crippen LogP contribution in [0.2, 0.25) is 0 Å². The zero-order valence-corrected chi connectivity index (χ0v) is 22.5. The Labute approximate surface area is 227 Å². The molecular formula is C30H34FN5O3. The highest BCUT2D eigenvalue weighted by Crippen LogP contribution is 2.32. The zero-order chi connectivity index (χ0) is 27.7. The Morgan fingerprint density at radius 2 is 1.77 bits per heavy atom. The van der Waals surface area contributed by atoms with Gasteiger partial charge in [-0.2, -0.15) is 0 Å². The van der Waals surface area contributed by atoms with Crippen LogP contribution in [0.4, 0.5) is 9.18 Å². The number of hydrogen-bond donors (Lipinski definition) is 1. The Bertz CT molecular complexity index is 1380. The number of piperazine rings is 1. The van der Waals surface area contributed by atoms with Gasteiger partial charge in [0.1, 0.15) is 18.0 Å². The fourth-order valence-corrected chi connectivity index (χ4v) is 5.63. The Morgan fingerprint density at radius 1 is 1.05 bits per heavy atom. The molecule has 3 aromatic rings. The van der Waals surface area contributed by atoms with Crippen molar-refractivity contribution in [3.63, 3.8) is 0 Å². The number of hydrazine groups is 1. The second-order valence-electron chi connectivity index (χ2n) is 10.4. The molecule has 2 fully saturated rings. The predicted molar refractivity (Wildman–Crippen MR) is 146 cm³/mol. The third kappa shape index (κ3) is 5.18. The van der Waals surface area contributed by atoms with Gasteiger partial charge in [0.2, 0.25) is 11.8 Å². The number of carbonyl (C=O) groups is 3. The van der Waals surface area contributed by atoms with Gasteiger partial charge >= 0.3 is 6.03 Å². The van der Waals surface area contributed by atoms with E-state index in [4.69, 9.17) is 0 Å². The molecule has 1 unspecified atom stereocenters. The summed E-state index contributed by atoms with van der Waals surface area (Å²) in [7, 11) is 1.70. The number of nitrogens with one attached hydrogen (secondary N) is 1. The molecule has 3 atom stereocenters. The number of fused-ring (bicyclic) bond motifs is 2. The third-order valence-electron chi connectivity index (χ3n) is 7.86. The average molecular weight is 532 g/mol. The van der Waals surface area contributed by atoms with E-state index in [-0.39, 0.29) is 49.2 Å². The van der Waals surface area contributed by atoms with E-state index >= 15 is 0 Å². The lowest BCUT2D eigenvalue weighted by molar-refractivity contribution is -0.190. The van der Waals surface area contributed by atoms with Crippen molar-refractivity contribution in [2.45, 2.75) is 45.6 Å². The summed E-state index contributed by atoms with van der Waals surface area (Å²) >= 11 is 0. The largest absolute Gasteiger partial charge is 0.334 e. The van der Waals surface area contributed by atoms with E-state index in [0.29, 0.717) is 13.0 Å². The van der Waals surface area contributed by atoms with Gasteiger partial charge in [-0.1, -0.05) is 74.9 Å². The molecule has 1 N–H and O–H groups in total. The van der Waals surface area contributed by atoms with Crippen molar-refractivity contribution in [3.05, 3.63) is 83.7 Å². The van der Waals surface area contributed by atoms with Gasteiger partial charge in [0.15, 0.2) is 0 Å². The fraction of sp³-hybridized carbons (Fsp3) is 0.367. The van der Waals surface area contributed by atoms with Crippen LogP contribution in [0.25, 0.3) is 10.8 Å². The molecule has 39 heavy (non-hydrogen) atoms. The summed E-state index contributed by atoms with van der Waals surface area (Å²) in [5, 5.41) is 8.23. The molecule has 9 heteroatoms. The number of hydrogen-bond acceptors (Lipinski definition) is 4. The first-order valence-corrected chi connectivity index (χ1v) is 13.4. The van der Waals surface area contributed by atoms with Gasteiger partial charge in [-0.05, 0) is 39.9 Å². The van der Waals surface area contributed by atoms with Crippen molar-refractivity contribution < 1.29 is 18.8 Å². The average Bonchev–Trinajstić information content (AvgIpc) is 2.93. The first-order valence-electron chi connectivity index (χ1n) is 13.4. The Morgan fingerprint density at radius 3 is 2.51 bits per heavy atom. The molecule has 2 heterocycles. The maximum atomic E-state index is 13.9. The number of halogens is 1. The lowest BCUT2D eigenvalue weighted by Crippen LogP contribution is -2.76. The highest BCUT2D eigenvalue weighted by atomic mass is 19.1. The van der Waals surface area contributed by atoms with Crippen LogP contribution in [-0.4, -0.2) is 70.0 Å². The van der Waals surface area contributed by atoms with Crippen LogP contribution in [0, 0.1) is 11.7 Å². The standard InChI is InChI=1S/C30H34FN5O3/c1-4-20(2)28-29(38)34(17-23-10-7-9-22-8-5-6-11-25(22)23)18-26-35(28)27(37)19-33(3)36(26)30(39)32-16-21-12-14-24(31)15-13-21/h5-15,20,26,28H,4,16-19H2,1-3H3,(H,32,39)/t20?,26-,28-/m0/s1. The number of rotatable bonds is 6. The lowest BCUT2D eigenvalue weighted by atomic mass is 9.92. The van der Waals surface area contributed by atoms with Gasteiger partial charge in [0.05, 0.1) is 13.1 Å². The summed E-state index contributed by atoms with van der Waals surface area (Å²) in [5.74, 6) is -0.706. The molecule has 0 saturated carbocycles. The lowest BCUT2D eigenvalue weighted by Gasteiger charge is -2.55. The van der Waals surface area contributed by atoms with Crippen LogP contribution in [0.5, 0.6) is 0 Å². The van der Waals surface area contributed by atoms with Crippen molar-refractivity contribution in [1.29, 1.82) is 0 Å². The minimum atomic E-state index is -0.669. The quantitative estimate of drug-likeness (QED) is 0.523. The fourth-order valence-electron chi connectivity index (χ4n) is 5.63. The van der Waals surface area contributed by atoms with Crippen LogP contribution >= 0.6 is 0 Å². The van der Waals surface area contributed by atoms with Crippen molar-refractivity contribution >= 4 is 28.6 Å². The van der Waals surface area contributed by atoms with Crippen molar-refractivity contribution in [2.75, 3.05) is 20.1 Å². The summed E-state index contributed by atoms with van der Waals surface area (Å²) in [5.41, 5.74) is 1.77. The van der Waals surface area contributed by atoms with Crippen LogP contribution in [0.1, 0.15) is 31.4 Å². The molecular weight excluding hydrogens is 497 g/mol. The SMILES string of the molecule is CCC(C)[C@H]1C(=O)N(Cc2cccc3ccccc23)C[C@H]2N1C(=O)CN(C)N2C(=O)NCc1ccc(F)cc1. The maximum absolute atomic E-state index is 13.9. The number of likely N-dealkylation sites (N-methyl/N-ethyl adjacent to an activating group) is 1. The minimum Gasteiger partial charge on any atom is -0.333 e. The molecule has 2 aliphatic heterocycles. The summed E-state index contributed by atoms with van der Waals surface area (Å²) in [4.78, 5) is 44.2. The van der Waals surface area contributed by atoms with E-state index < -0.39 is 12.2 Å². The van der Waals surface area contributed by atoms with Gasteiger partial charge < -0.3 is 15.1 Å². The Balaban J connectivity index is 1.45. The zero-order valence-electron chi connectivity index (χ0n) is 22.5. The molecule has 0 aliphatic carbocycles. The van der Waals surface area contributed by atoms with Gasteiger partial charge in [0.25, 0.3) is 0 Å². The first kappa shape index (κ1) is 26.6. The van der Waals surface area contributed by atoms with Gasteiger partial charge in [-0.25, -0.2) is 19.2 Å². The highest BCUT2D eigenvalue weighted by Gasteiger charge is 2.51. The van der Waals surface area contributed by atoms with Crippen LogP contribution < -0.4 is 5.32 Å². The normalized spacial score (nSPS) is 20.8. The molecule has 8 nitrogen and oxygen atoms in total. The van der Waals surface area contributed by atoms with E-state index in [1.165, 1.54) is 12.1 Å². The van der Waals surface area contributed by atoms with E-state index in [1.807, 2.05) is 56.3 Å². The summed E-state index contributed by atoms with van der Waals surface area (Å²) in [6, 6.07) is 19.0. The summed E-state index contributed by atoms with van der Waals surface area (Å²) < 4.78 is 13.3. The molecule has 0 bridgehead atoms. The second kappa shape index (κ2) is 11.0. The molecule has 5 rings (SSSR count). The number of urea groups is 1. The third-order valence-corrected chi connectivity index (χ3v) is 7.86. The number of nitrogens with zero attached hydrogens (tertiary/aromatic N) is 4. The molecule has 204 valence electrons. The minimum absolute atomic E-state index is 0.00992. The highest BCUT2D eigenvalue weighted by molar-refractivity contribution is 5.92. The molecule has 3 aromatic carbocycles. The molecule has 0 spiro atoms. The monoisotopic (exact) mass is 531 g/mol. The van der Waals surface area contributed by atoms with E-state index in [9.17, 15) is 18.8 Å². The van der Waals surface area contributed by atoms with E-state index in [1.54, 1.807) is 39.0 Å². The maximum Gasteiger partial charge on any atom is 0.334 e. The number of carbonyl (C=O) groups excluding carboxylic acids is 3. The van der Waals surface area contributed by atoms with E-state index in [2.05, 4.69) is 5.32 Å².